The minimum atomic E-state index is -1.88. The minimum Gasteiger partial charge on any atom is -0.422 e. The van der Waals surface area contributed by atoms with Gasteiger partial charge in [-0.15, -0.1) is 0 Å². The van der Waals surface area contributed by atoms with Gasteiger partial charge in [0.05, 0.1) is 6.80 Å². The van der Waals surface area contributed by atoms with Crippen LogP contribution in [0.25, 0.3) is 10.9 Å². The average molecular weight is 232 g/mol. The molecule has 0 aliphatic heterocycles. The van der Waals surface area contributed by atoms with Crippen LogP contribution in [0.5, 0.6) is 0 Å². The molecule has 78 valence electrons. The van der Waals surface area contributed by atoms with Gasteiger partial charge in [-0.3, -0.25) is 4.45 Å². The third-order valence-electron chi connectivity index (χ3n) is 2.00. The zero-order valence-corrected chi connectivity index (χ0v) is 8.28. The van der Waals surface area contributed by atoms with Gasteiger partial charge in [-0.05, 0) is 15.4 Å². The highest BCUT2D eigenvalue weighted by Gasteiger charge is 2.21. The maximum Gasteiger partial charge on any atom is 0.510 e. The Morgan fingerprint density at radius 2 is 2.07 bits per heavy atom. The van der Waals surface area contributed by atoms with Gasteiger partial charge in [-0.2, -0.15) is 5.10 Å². The van der Waals surface area contributed by atoms with Gasteiger partial charge < -0.3 is 10.0 Å². The summed E-state index contributed by atoms with van der Waals surface area (Å²) in [5.74, 6) is -2.16. The molecule has 2 rings (SSSR count). The fraction of sp³-hybridized carbons (Fsp3) is 0. The Balaban J connectivity index is 2.80. The van der Waals surface area contributed by atoms with Crippen LogP contribution >= 0.6 is 9.34 Å². The Kier molecular flexibility index (Phi) is 2.16. The van der Waals surface area contributed by atoms with E-state index < -0.39 is 28.1 Å². The number of hydrogen-bond donors (Lipinski definition) is 2. The molecule has 1 unspecified atom stereocenters. The van der Waals surface area contributed by atoms with E-state index in [9.17, 15) is 8.78 Å². The maximum atomic E-state index is 13.0. The normalized spacial score (nSPS) is 12.7. The van der Waals surface area contributed by atoms with Crippen LogP contribution in [-0.4, -0.2) is 28.0 Å². The highest BCUT2D eigenvalue weighted by molar-refractivity contribution is 7.14. The van der Waals surface area contributed by atoms with Gasteiger partial charge in [0.2, 0.25) is 0 Å². The van der Waals surface area contributed by atoms with Gasteiger partial charge in [0.1, 0.15) is 5.59 Å². The lowest BCUT2D eigenvalue weighted by Gasteiger charge is -1.96. The molecule has 0 aliphatic rings. The van der Waals surface area contributed by atoms with Crippen LogP contribution in [0.3, 0.4) is 0 Å². The first-order valence-electron chi connectivity index (χ1n) is 4.46. The predicted molar refractivity (Wildman–Crippen MR) is 54.6 cm³/mol. The summed E-state index contributed by atoms with van der Waals surface area (Å²) in [6, 6.07) is 1.72. The van der Waals surface area contributed by atoms with Crippen molar-refractivity contribution in [3.63, 3.8) is 0 Å². The summed E-state index contributed by atoms with van der Waals surface area (Å²) < 4.78 is 34.2. The smallest absolute Gasteiger partial charge is 0.422 e. The van der Waals surface area contributed by atoms with Gasteiger partial charge in [0.25, 0.3) is 0 Å². The van der Waals surface area contributed by atoms with Crippen LogP contribution in [0.2, 0.25) is 0 Å². The first kappa shape index (κ1) is 9.21. The molecule has 1 aromatic heterocycles. The number of hydrogen-bond acceptors (Lipinski definition) is 3. The third-order valence-corrected chi connectivity index (χ3v) is 2.34. The first-order valence-corrected chi connectivity index (χ1v) is 4.41. The highest BCUT2D eigenvalue weighted by Crippen LogP contribution is 2.18. The average Bonchev–Trinajstić information content (AvgIpc) is 2.57. The number of nitrogens with zero attached hydrogens (tertiary/aromatic N) is 2. The van der Waals surface area contributed by atoms with E-state index in [1.165, 1.54) is 0 Å². The molecule has 2 aromatic rings. The van der Waals surface area contributed by atoms with Crippen molar-refractivity contribution in [3.05, 3.63) is 23.8 Å². The molecule has 0 radical (unpaired) electrons. The second-order valence-corrected chi connectivity index (χ2v) is 3.38. The second kappa shape index (κ2) is 3.52. The Morgan fingerprint density at radius 3 is 2.67 bits per heavy atom. The maximum absolute atomic E-state index is 13.0. The standard InChI is InChI=1S/C7H6BF2N2O2P/c9-4-1-3-6(2-5(4)10)12(15)11-7(3)8(13)14/h1-2,13-14H,15H2/i15T. The van der Waals surface area contributed by atoms with E-state index >= 15 is 0 Å². The van der Waals surface area contributed by atoms with Crippen LogP contribution in [0, 0.1) is 11.6 Å². The van der Waals surface area contributed by atoms with Crippen LogP contribution < -0.4 is 5.59 Å². The zero-order valence-electron chi connectivity index (χ0n) is 8.28. The molecule has 0 fully saturated rings. The molecule has 0 amide bonds. The van der Waals surface area contributed by atoms with Crippen molar-refractivity contribution < 1.29 is 18.8 Å². The van der Waals surface area contributed by atoms with Crippen molar-refractivity contribution in [2.75, 3.05) is 0 Å². The molecule has 0 saturated carbocycles. The summed E-state index contributed by atoms with van der Waals surface area (Å²) in [5.41, 5.74) is -0.0241. The number of rotatable bonds is 2. The summed E-state index contributed by atoms with van der Waals surface area (Å²) >= 11 is 0. The fourth-order valence-electron chi connectivity index (χ4n) is 1.32. The molecule has 1 atom stereocenters. The fourth-order valence-corrected chi connectivity index (χ4v) is 1.62. The lowest BCUT2D eigenvalue weighted by molar-refractivity contribution is 0.424. The Bertz CT molecular complexity index is 551. The van der Waals surface area contributed by atoms with Crippen molar-refractivity contribution in [1.82, 2.24) is 9.55 Å². The molecular weight excluding hydrogens is 224 g/mol. The number of aromatic nitrogens is 2. The van der Waals surface area contributed by atoms with E-state index in [1.807, 2.05) is 0 Å². The van der Waals surface area contributed by atoms with Crippen molar-refractivity contribution >= 4 is 33.0 Å². The largest absolute Gasteiger partial charge is 0.510 e. The van der Waals surface area contributed by atoms with E-state index in [0.29, 0.717) is 0 Å². The topological polar surface area (TPSA) is 58.3 Å². The van der Waals surface area contributed by atoms with Crippen molar-refractivity contribution in [2.24, 2.45) is 0 Å². The Labute approximate surface area is 87.2 Å². The summed E-state index contributed by atoms with van der Waals surface area (Å²) in [5, 5.41) is 21.8. The number of fused-ring (bicyclic) bond motifs is 1. The van der Waals surface area contributed by atoms with Gasteiger partial charge in [0.15, 0.2) is 11.6 Å². The van der Waals surface area contributed by atoms with E-state index in [1.54, 1.807) is 0 Å². The molecule has 8 heteroatoms. The van der Waals surface area contributed by atoms with Crippen LogP contribution in [0.15, 0.2) is 12.1 Å². The summed E-state index contributed by atoms with van der Waals surface area (Å²) in [7, 11) is -2.45. The number of halogens is 2. The molecular formula is C7H6BF2N2O2P. The monoisotopic (exact) mass is 232 g/mol. The summed E-state index contributed by atoms with van der Waals surface area (Å²) in [4.78, 5) is 0. The molecule has 0 aliphatic carbocycles. The number of benzene rings is 1. The van der Waals surface area contributed by atoms with Crippen molar-refractivity contribution in [3.8, 4) is 0 Å². The second-order valence-electron chi connectivity index (χ2n) is 2.95. The predicted octanol–water partition coefficient (Wildman–Crippen LogP) is -0.368. The van der Waals surface area contributed by atoms with Crippen LogP contribution in [0.1, 0.15) is 0 Å². The lowest BCUT2D eigenvalue weighted by atomic mass is 9.84. The van der Waals surface area contributed by atoms with Gasteiger partial charge in [-0.25, -0.2) is 8.78 Å². The molecule has 1 heterocycles. The van der Waals surface area contributed by atoms with E-state index in [2.05, 4.69) is 5.10 Å². The molecule has 0 bridgehead atoms. The zero-order chi connectivity index (χ0) is 11.9. The molecule has 0 spiro atoms. The molecule has 0 saturated heterocycles. The van der Waals surface area contributed by atoms with Crippen LogP contribution in [0.4, 0.5) is 8.78 Å². The first-order chi connectivity index (χ1) is 7.54. The lowest BCUT2D eigenvalue weighted by Crippen LogP contribution is -2.31. The summed E-state index contributed by atoms with van der Waals surface area (Å²) in [6.07, 6.45) is 0. The molecule has 2 N–H and O–H groups in total. The minimum absolute atomic E-state index is 0.0913. The van der Waals surface area contributed by atoms with Crippen molar-refractivity contribution in [1.29, 1.82) is 1.28 Å². The van der Waals surface area contributed by atoms with E-state index in [-0.39, 0.29) is 16.5 Å². The summed E-state index contributed by atoms with van der Waals surface area (Å²) in [6.45, 7) is 0. The Hall–Kier alpha value is -1.04. The SMILES string of the molecule is [3H]Pn1nc(B(O)O)c2cc(F)c(F)cc21. The highest BCUT2D eigenvalue weighted by atomic mass is 31.0. The molecule has 4 nitrogen and oxygen atoms in total. The quantitative estimate of drug-likeness (QED) is 0.548. The third kappa shape index (κ3) is 1.63. The van der Waals surface area contributed by atoms with E-state index in [4.69, 9.17) is 11.3 Å². The van der Waals surface area contributed by atoms with Crippen molar-refractivity contribution in [2.45, 2.75) is 0 Å². The molecule has 15 heavy (non-hydrogen) atoms. The van der Waals surface area contributed by atoms with Crippen LogP contribution in [-0.2, 0) is 0 Å². The van der Waals surface area contributed by atoms with E-state index in [0.717, 1.165) is 16.6 Å². The van der Waals surface area contributed by atoms with Gasteiger partial charge >= 0.3 is 7.12 Å². The van der Waals surface area contributed by atoms with Gasteiger partial charge in [-0.1, -0.05) is 0 Å². The Morgan fingerprint density at radius 1 is 1.40 bits per heavy atom. The molecule has 1 aromatic carbocycles. The van der Waals surface area contributed by atoms with Gasteiger partial charge in [0, 0.05) is 11.5 Å².